The van der Waals surface area contributed by atoms with E-state index >= 15 is 0 Å². The molecule has 7 heteroatoms. The van der Waals surface area contributed by atoms with E-state index in [9.17, 15) is 9.59 Å². The molecular weight excluding hydrogens is 409 g/mol. The van der Waals surface area contributed by atoms with Crippen LogP contribution in [0.15, 0.2) is 42.5 Å². The highest BCUT2D eigenvalue weighted by atomic mass is 35.5. The number of para-hydroxylation sites is 1. The second-order valence-corrected chi connectivity index (χ2v) is 8.13. The van der Waals surface area contributed by atoms with Crippen LogP contribution in [0.2, 0.25) is 10.0 Å². The lowest BCUT2D eigenvalue weighted by molar-refractivity contribution is -0.122. The van der Waals surface area contributed by atoms with Crippen LogP contribution in [0.25, 0.3) is 0 Å². The van der Waals surface area contributed by atoms with E-state index in [2.05, 4.69) is 48.7 Å². The topological polar surface area (TPSA) is 61.4 Å². The smallest absolute Gasteiger partial charge is 0.238 e. The fourth-order valence-electron chi connectivity index (χ4n) is 2.81. The van der Waals surface area contributed by atoms with Gasteiger partial charge in [0.15, 0.2) is 0 Å². The van der Waals surface area contributed by atoms with E-state index in [1.165, 1.54) is 11.1 Å². The fraction of sp³-hybridized carbons (Fsp3) is 0.364. The van der Waals surface area contributed by atoms with Gasteiger partial charge in [-0.05, 0) is 42.6 Å². The molecular formula is C22H27Cl2N3O2. The van der Waals surface area contributed by atoms with Crippen molar-refractivity contribution in [2.24, 2.45) is 0 Å². The maximum Gasteiger partial charge on any atom is 0.238 e. The quantitative estimate of drug-likeness (QED) is 0.615. The number of hydrogen-bond acceptors (Lipinski definition) is 3. The number of halogens is 2. The average molecular weight is 436 g/mol. The summed E-state index contributed by atoms with van der Waals surface area (Å²) in [6.45, 7) is 5.04. The molecule has 2 aromatic carbocycles. The Labute approximate surface area is 182 Å². The molecule has 2 aromatic rings. The minimum atomic E-state index is -0.291. The molecule has 0 aliphatic heterocycles. The highest BCUT2D eigenvalue weighted by Gasteiger charge is 2.13. The molecule has 0 unspecified atom stereocenters. The Hall–Kier alpha value is -2.08. The molecule has 0 fully saturated rings. The highest BCUT2D eigenvalue weighted by molar-refractivity contribution is 6.39. The Morgan fingerprint density at radius 1 is 0.966 bits per heavy atom. The predicted molar refractivity (Wildman–Crippen MR) is 120 cm³/mol. The largest absolute Gasteiger partial charge is 0.355 e. The molecule has 0 atom stereocenters. The van der Waals surface area contributed by atoms with Gasteiger partial charge in [0.25, 0.3) is 0 Å². The molecule has 0 bridgehead atoms. The maximum atomic E-state index is 12.2. The predicted octanol–water partition coefficient (Wildman–Crippen LogP) is 4.35. The van der Waals surface area contributed by atoms with Gasteiger partial charge in [0.2, 0.25) is 11.8 Å². The van der Waals surface area contributed by atoms with Crippen molar-refractivity contribution in [3.05, 3.63) is 63.6 Å². The summed E-state index contributed by atoms with van der Waals surface area (Å²) in [6.07, 6.45) is 0.763. The summed E-state index contributed by atoms with van der Waals surface area (Å²) in [4.78, 5) is 25.9. The second kappa shape index (κ2) is 11.2. The Morgan fingerprint density at radius 3 is 2.14 bits per heavy atom. The van der Waals surface area contributed by atoms with Gasteiger partial charge < -0.3 is 10.6 Å². The van der Waals surface area contributed by atoms with Gasteiger partial charge in [0, 0.05) is 6.54 Å². The van der Waals surface area contributed by atoms with Crippen molar-refractivity contribution in [1.82, 2.24) is 10.2 Å². The first-order chi connectivity index (χ1) is 13.8. The van der Waals surface area contributed by atoms with E-state index in [0.717, 1.165) is 6.42 Å². The first-order valence-corrected chi connectivity index (χ1v) is 10.3. The molecule has 0 spiro atoms. The zero-order valence-corrected chi connectivity index (χ0v) is 18.5. The number of carbonyl (C=O) groups is 2. The molecule has 0 heterocycles. The summed E-state index contributed by atoms with van der Waals surface area (Å²) in [6, 6.07) is 13.4. The summed E-state index contributed by atoms with van der Waals surface area (Å²) in [5.41, 5.74) is 2.86. The van der Waals surface area contributed by atoms with Gasteiger partial charge >= 0.3 is 0 Å². The Morgan fingerprint density at radius 2 is 1.55 bits per heavy atom. The third-order valence-corrected chi connectivity index (χ3v) is 5.07. The molecule has 0 aliphatic rings. The van der Waals surface area contributed by atoms with Gasteiger partial charge in [-0.15, -0.1) is 0 Å². The summed E-state index contributed by atoms with van der Waals surface area (Å²) >= 11 is 12.1. The number of nitrogens with zero attached hydrogens (tertiary/aromatic N) is 1. The molecule has 29 heavy (non-hydrogen) atoms. The highest BCUT2D eigenvalue weighted by Crippen LogP contribution is 2.29. The zero-order valence-electron chi connectivity index (χ0n) is 17.0. The third kappa shape index (κ3) is 7.69. The number of amides is 2. The normalized spacial score (nSPS) is 11.0. The number of likely N-dealkylation sites (N-methyl/N-ethyl adjacent to an activating group) is 1. The lowest BCUT2D eigenvalue weighted by atomic mass is 10.0. The Kier molecular flexibility index (Phi) is 8.96. The van der Waals surface area contributed by atoms with Crippen LogP contribution in [-0.4, -0.2) is 43.4 Å². The van der Waals surface area contributed by atoms with Gasteiger partial charge in [-0.1, -0.05) is 67.4 Å². The minimum Gasteiger partial charge on any atom is -0.355 e. The minimum absolute atomic E-state index is 0.0473. The van der Waals surface area contributed by atoms with Crippen LogP contribution in [0, 0.1) is 0 Å². The van der Waals surface area contributed by atoms with E-state index in [0.29, 0.717) is 28.2 Å². The van der Waals surface area contributed by atoms with Gasteiger partial charge in [-0.3, -0.25) is 14.5 Å². The van der Waals surface area contributed by atoms with Crippen LogP contribution in [0.3, 0.4) is 0 Å². The molecule has 156 valence electrons. The van der Waals surface area contributed by atoms with Crippen LogP contribution < -0.4 is 10.6 Å². The number of carbonyl (C=O) groups excluding carboxylic acids is 2. The SMILES string of the molecule is CC(C)c1ccc(CCNC(=O)CN(C)CC(=O)Nc2c(Cl)cccc2Cl)cc1. The van der Waals surface area contributed by atoms with Crippen LogP contribution in [-0.2, 0) is 16.0 Å². The maximum absolute atomic E-state index is 12.2. The first kappa shape index (κ1) is 23.2. The van der Waals surface area contributed by atoms with Crippen LogP contribution >= 0.6 is 23.2 Å². The number of hydrogen-bond donors (Lipinski definition) is 2. The number of nitrogens with one attached hydrogen (secondary N) is 2. The van der Waals surface area contributed by atoms with E-state index in [4.69, 9.17) is 23.2 Å². The lowest BCUT2D eigenvalue weighted by Gasteiger charge is -2.17. The van der Waals surface area contributed by atoms with E-state index in [1.54, 1.807) is 30.1 Å². The molecule has 2 amide bonds. The van der Waals surface area contributed by atoms with Crippen LogP contribution in [0.5, 0.6) is 0 Å². The second-order valence-electron chi connectivity index (χ2n) is 7.31. The number of benzene rings is 2. The molecule has 0 radical (unpaired) electrons. The molecule has 0 saturated carbocycles. The standard InChI is InChI=1S/C22H27Cl2N3O2/c1-15(2)17-9-7-16(8-10-17)11-12-25-20(28)13-27(3)14-21(29)26-22-18(23)5-4-6-19(22)24/h4-10,15H,11-14H2,1-3H3,(H,25,28)(H,26,29). The van der Waals surface area contributed by atoms with Crippen molar-refractivity contribution in [2.75, 3.05) is 32.0 Å². The van der Waals surface area contributed by atoms with E-state index in [-0.39, 0.29) is 24.9 Å². The number of rotatable bonds is 9. The van der Waals surface area contributed by atoms with E-state index in [1.807, 2.05) is 0 Å². The monoisotopic (exact) mass is 435 g/mol. The van der Waals surface area contributed by atoms with E-state index < -0.39 is 0 Å². The lowest BCUT2D eigenvalue weighted by Crippen LogP contribution is -2.39. The molecule has 0 saturated heterocycles. The summed E-state index contributed by atoms with van der Waals surface area (Å²) < 4.78 is 0. The van der Waals surface area contributed by atoms with Crippen molar-refractivity contribution in [3.63, 3.8) is 0 Å². The summed E-state index contributed by atoms with van der Waals surface area (Å²) in [7, 11) is 1.71. The Balaban J connectivity index is 1.72. The van der Waals surface area contributed by atoms with Crippen molar-refractivity contribution >= 4 is 40.7 Å². The molecule has 0 aromatic heterocycles. The van der Waals surface area contributed by atoms with Crippen molar-refractivity contribution in [1.29, 1.82) is 0 Å². The van der Waals surface area contributed by atoms with Gasteiger partial charge in [-0.25, -0.2) is 0 Å². The third-order valence-electron chi connectivity index (χ3n) is 4.44. The summed E-state index contributed by atoms with van der Waals surface area (Å²) in [5, 5.41) is 6.31. The van der Waals surface area contributed by atoms with Crippen LogP contribution in [0.4, 0.5) is 5.69 Å². The zero-order chi connectivity index (χ0) is 21.4. The molecule has 2 rings (SSSR count). The molecule has 5 nitrogen and oxygen atoms in total. The Bertz CT molecular complexity index is 818. The van der Waals surface area contributed by atoms with Gasteiger partial charge in [0.1, 0.15) is 0 Å². The number of anilines is 1. The first-order valence-electron chi connectivity index (χ1n) is 9.54. The van der Waals surface area contributed by atoms with Crippen LogP contribution in [0.1, 0.15) is 30.9 Å². The van der Waals surface area contributed by atoms with Gasteiger partial charge in [-0.2, -0.15) is 0 Å². The van der Waals surface area contributed by atoms with Crippen molar-refractivity contribution < 1.29 is 9.59 Å². The fourth-order valence-corrected chi connectivity index (χ4v) is 3.31. The molecule has 0 aliphatic carbocycles. The van der Waals surface area contributed by atoms with Crippen molar-refractivity contribution in [3.8, 4) is 0 Å². The summed E-state index contributed by atoms with van der Waals surface area (Å²) in [5.74, 6) is 0.0841. The average Bonchev–Trinajstić information content (AvgIpc) is 2.65. The van der Waals surface area contributed by atoms with Crippen molar-refractivity contribution in [2.45, 2.75) is 26.2 Å². The van der Waals surface area contributed by atoms with Gasteiger partial charge in [0.05, 0.1) is 28.8 Å². The molecule has 2 N–H and O–H groups in total.